The fourth-order valence-electron chi connectivity index (χ4n) is 0.916. The SMILES string of the molecule is NCC(O)CNc1ccccc1Cl. The second-order valence-electron chi connectivity index (χ2n) is 2.75. The third-order valence-electron chi connectivity index (χ3n) is 1.67. The standard InChI is InChI=1S/C9H13ClN2O/c10-8-3-1-2-4-9(8)12-6-7(13)5-11/h1-4,7,12-13H,5-6,11H2. The Hall–Kier alpha value is -0.770. The Morgan fingerprint density at radius 2 is 2.15 bits per heavy atom. The van der Waals surface area contributed by atoms with Crippen molar-refractivity contribution < 1.29 is 5.11 Å². The molecule has 4 heteroatoms. The molecule has 0 bridgehead atoms. The average molecular weight is 201 g/mol. The third-order valence-corrected chi connectivity index (χ3v) is 2.00. The molecule has 4 N–H and O–H groups in total. The molecule has 1 aromatic rings. The van der Waals surface area contributed by atoms with Crippen molar-refractivity contribution in [1.82, 2.24) is 0 Å². The number of aliphatic hydroxyl groups excluding tert-OH is 1. The lowest BCUT2D eigenvalue weighted by Crippen LogP contribution is -2.27. The molecule has 13 heavy (non-hydrogen) atoms. The predicted molar refractivity (Wildman–Crippen MR) is 55.0 cm³/mol. The number of para-hydroxylation sites is 1. The van der Waals surface area contributed by atoms with Crippen molar-refractivity contribution in [2.45, 2.75) is 6.10 Å². The number of nitrogens with one attached hydrogen (secondary N) is 1. The van der Waals surface area contributed by atoms with E-state index in [0.717, 1.165) is 5.69 Å². The van der Waals surface area contributed by atoms with E-state index in [9.17, 15) is 5.11 Å². The van der Waals surface area contributed by atoms with Gasteiger partial charge in [-0.15, -0.1) is 0 Å². The summed E-state index contributed by atoms with van der Waals surface area (Å²) in [6.45, 7) is 0.664. The van der Waals surface area contributed by atoms with E-state index in [-0.39, 0.29) is 6.54 Å². The van der Waals surface area contributed by atoms with Crippen LogP contribution in [0.5, 0.6) is 0 Å². The fourth-order valence-corrected chi connectivity index (χ4v) is 1.12. The van der Waals surface area contributed by atoms with E-state index < -0.39 is 6.10 Å². The summed E-state index contributed by atoms with van der Waals surface area (Å²) in [5, 5.41) is 12.8. The first kappa shape index (κ1) is 10.3. The highest BCUT2D eigenvalue weighted by Gasteiger charge is 2.02. The Balaban J connectivity index is 2.50. The van der Waals surface area contributed by atoms with Gasteiger partial charge in [-0.05, 0) is 12.1 Å². The quantitative estimate of drug-likeness (QED) is 0.682. The predicted octanol–water partition coefficient (Wildman–Crippen LogP) is 1.07. The summed E-state index contributed by atoms with van der Waals surface area (Å²) in [4.78, 5) is 0. The number of aliphatic hydroxyl groups is 1. The Morgan fingerprint density at radius 1 is 1.46 bits per heavy atom. The van der Waals surface area contributed by atoms with E-state index in [0.29, 0.717) is 11.6 Å². The average Bonchev–Trinajstić information content (AvgIpc) is 2.16. The van der Waals surface area contributed by atoms with Gasteiger partial charge in [0.25, 0.3) is 0 Å². The van der Waals surface area contributed by atoms with Gasteiger partial charge in [0, 0.05) is 13.1 Å². The molecular formula is C9H13ClN2O. The van der Waals surface area contributed by atoms with Crippen LogP contribution in [-0.4, -0.2) is 24.3 Å². The van der Waals surface area contributed by atoms with E-state index in [1.165, 1.54) is 0 Å². The van der Waals surface area contributed by atoms with Crippen LogP contribution in [0.15, 0.2) is 24.3 Å². The first-order valence-corrected chi connectivity index (χ1v) is 4.48. The molecule has 0 spiro atoms. The number of nitrogens with two attached hydrogens (primary N) is 1. The van der Waals surface area contributed by atoms with Crippen LogP contribution >= 0.6 is 11.6 Å². The normalized spacial score (nSPS) is 12.5. The van der Waals surface area contributed by atoms with Gasteiger partial charge >= 0.3 is 0 Å². The summed E-state index contributed by atoms with van der Waals surface area (Å²) in [5.74, 6) is 0. The molecule has 0 amide bonds. The largest absolute Gasteiger partial charge is 0.390 e. The maximum Gasteiger partial charge on any atom is 0.0834 e. The molecule has 1 atom stereocenters. The molecule has 0 saturated heterocycles. The monoisotopic (exact) mass is 200 g/mol. The molecule has 0 radical (unpaired) electrons. The number of benzene rings is 1. The zero-order valence-corrected chi connectivity index (χ0v) is 7.96. The molecule has 0 aliphatic heterocycles. The maximum atomic E-state index is 9.18. The van der Waals surface area contributed by atoms with Crippen molar-refractivity contribution in [2.75, 3.05) is 18.4 Å². The smallest absolute Gasteiger partial charge is 0.0834 e. The lowest BCUT2D eigenvalue weighted by molar-refractivity contribution is 0.196. The van der Waals surface area contributed by atoms with Crippen molar-refractivity contribution in [1.29, 1.82) is 0 Å². The highest BCUT2D eigenvalue weighted by atomic mass is 35.5. The zero-order chi connectivity index (χ0) is 9.68. The van der Waals surface area contributed by atoms with Gasteiger partial charge in [-0.2, -0.15) is 0 Å². The Morgan fingerprint density at radius 3 is 2.77 bits per heavy atom. The molecule has 0 fully saturated rings. The van der Waals surface area contributed by atoms with Crippen LogP contribution in [-0.2, 0) is 0 Å². The summed E-state index contributed by atoms with van der Waals surface area (Å²) < 4.78 is 0. The van der Waals surface area contributed by atoms with Gasteiger partial charge < -0.3 is 16.2 Å². The highest BCUT2D eigenvalue weighted by Crippen LogP contribution is 2.19. The molecule has 0 aliphatic carbocycles. The van der Waals surface area contributed by atoms with Crippen LogP contribution in [0.3, 0.4) is 0 Å². The zero-order valence-electron chi connectivity index (χ0n) is 7.20. The number of hydrogen-bond donors (Lipinski definition) is 3. The molecule has 1 aromatic carbocycles. The molecule has 3 nitrogen and oxygen atoms in total. The Kier molecular flexibility index (Phi) is 4.02. The van der Waals surface area contributed by atoms with E-state index in [1.807, 2.05) is 18.2 Å². The lowest BCUT2D eigenvalue weighted by atomic mass is 10.3. The van der Waals surface area contributed by atoms with E-state index in [2.05, 4.69) is 5.32 Å². The van der Waals surface area contributed by atoms with Crippen LogP contribution in [0.4, 0.5) is 5.69 Å². The van der Waals surface area contributed by atoms with Gasteiger partial charge in [0.05, 0.1) is 16.8 Å². The van der Waals surface area contributed by atoms with Crippen molar-refractivity contribution >= 4 is 17.3 Å². The molecule has 1 unspecified atom stereocenters. The summed E-state index contributed by atoms with van der Waals surface area (Å²) in [7, 11) is 0. The Bertz CT molecular complexity index is 268. The molecular weight excluding hydrogens is 188 g/mol. The lowest BCUT2D eigenvalue weighted by Gasteiger charge is -2.11. The summed E-state index contributed by atoms with van der Waals surface area (Å²) >= 11 is 5.88. The van der Waals surface area contributed by atoms with Gasteiger partial charge in [-0.3, -0.25) is 0 Å². The van der Waals surface area contributed by atoms with E-state index in [1.54, 1.807) is 6.07 Å². The minimum Gasteiger partial charge on any atom is -0.390 e. The van der Waals surface area contributed by atoms with E-state index >= 15 is 0 Å². The van der Waals surface area contributed by atoms with Crippen LogP contribution < -0.4 is 11.1 Å². The summed E-state index contributed by atoms with van der Waals surface area (Å²) in [6.07, 6.45) is -0.531. The number of hydrogen-bond acceptors (Lipinski definition) is 3. The minimum absolute atomic E-state index is 0.247. The molecule has 0 aliphatic rings. The summed E-state index contributed by atoms with van der Waals surface area (Å²) in [6, 6.07) is 7.38. The maximum absolute atomic E-state index is 9.18. The highest BCUT2D eigenvalue weighted by molar-refractivity contribution is 6.33. The molecule has 72 valence electrons. The van der Waals surface area contributed by atoms with Crippen LogP contribution in [0, 0.1) is 0 Å². The van der Waals surface area contributed by atoms with Crippen molar-refractivity contribution in [3.63, 3.8) is 0 Å². The number of anilines is 1. The second-order valence-corrected chi connectivity index (χ2v) is 3.16. The second kappa shape index (κ2) is 5.07. The van der Waals surface area contributed by atoms with Crippen molar-refractivity contribution in [3.8, 4) is 0 Å². The van der Waals surface area contributed by atoms with Gasteiger partial charge in [0.2, 0.25) is 0 Å². The molecule has 1 rings (SSSR count). The van der Waals surface area contributed by atoms with Gasteiger partial charge in [-0.25, -0.2) is 0 Å². The summed E-state index contributed by atoms with van der Waals surface area (Å²) in [5.41, 5.74) is 6.07. The third kappa shape index (κ3) is 3.22. The van der Waals surface area contributed by atoms with Crippen molar-refractivity contribution in [3.05, 3.63) is 29.3 Å². The van der Waals surface area contributed by atoms with E-state index in [4.69, 9.17) is 17.3 Å². The Labute approximate surface area is 82.5 Å². The van der Waals surface area contributed by atoms with Crippen LogP contribution in [0.1, 0.15) is 0 Å². The molecule has 0 heterocycles. The van der Waals surface area contributed by atoms with Crippen LogP contribution in [0.2, 0.25) is 5.02 Å². The number of rotatable bonds is 4. The topological polar surface area (TPSA) is 58.3 Å². The first-order chi connectivity index (χ1) is 6.24. The van der Waals surface area contributed by atoms with Gasteiger partial charge in [-0.1, -0.05) is 23.7 Å². The van der Waals surface area contributed by atoms with Crippen LogP contribution in [0.25, 0.3) is 0 Å². The van der Waals surface area contributed by atoms with Crippen molar-refractivity contribution in [2.24, 2.45) is 5.73 Å². The first-order valence-electron chi connectivity index (χ1n) is 4.10. The van der Waals surface area contributed by atoms with Gasteiger partial charge in [0.15, 0.2) is 0 Å². The van der Waals surface area contributed by atoms with Gasteiger partial charge in [0.1, 0.15) is 0 Å². The minimum atomic E-state index is -0.531. The molecule has 0 saturated carbocycles. The number of halogens is 1. The molecule has 0 aromatic heterocycles. The fraction of sp³-hybridized carbons (Fsp3) is 0.333.